The molecule has 0 atom stereocenters. The summed E-state index contributed by atoms with van der Waals surface area (Å²) in [4.78, 5) is 29.9. The number of carbonyl (C=O) groups excluding carboxylic acids is 1. The van der Waals surface area contributed by atoms with E-state index in [0.29, 0.717) is 22.5 Å². The molecule has 5 nitrogen and oxygen atoms in total. The highest BCUT2D eigenvalue weighted by Crippen LogP contribution is 2.28. The summed E-state index contributed by atoms with van der Waals surface area (Å²) in [6, 6.07) is 9.41. The van der Waals surface area contributed by atoms with Crippen molar-refractivity contribution >= 4 is 50.3 Å². The van der Waals surface area contributed by atoms with E-state index in [1.165, 1.54) is 11.8 Å². The number of benzene rings is 2. The van der Waals surface area contributed by atoms with Gasteiger partial charge in [-0.05, 0) is 55.3 Å². The number of anilines is 1. The molecule has 3 N–H and O–H groups in total. The highest BCUT2D eigenvalue weighted by atomic mass is 79.9. The third-order valence-corrected chi connectivity index (χ3v) is 5.63. The Bertz CT molecular complexity index is 978. The van der Waals surface area contributed by atoms with Crippen LogP contribution in [0.4, 0.5) is 5.69 Å². The average Bonchev–Trinajstić information content (AvgIpc) is 2.89. The Balaban J connectivity index is 1.66. The van der Waals surface area contributed by atoms with Crippen LogP contribution in [0.25, 0.3) is 11.0 Å². The number of H-pyrrole nitrogens is 2. The van der Waals surface area contributed by atoms with E-state index in [9.17, 15) is 9.59 Å². The molecule has 24 heavy (non-hydrogen) atoms. The molecule has 1 amide bonds. The predicted molar refractivity (Wildman–Crippen MR) is 102 cm³/mol. The van der Waals surface area contributed by atoms with Gasteiger partial charge in [-0.25, -0.2) is 4.79 Å². The molecule has 0 bridgehead atoms. The Labute approximate surface area is 151 Å². The lowest BCUT2D eigenvalue weighted by Crippen LogP contribution is -2.14. The zero-order chi connectivity index (χ0) is 17.3. The number of carbonyl (C=O) groups is 1. The van der Waals surface area contributed by atoms with Crippen molar-refractivity contribution in [3.63, 3.8) is 0 Å². The van der Waals surface area contributed by atoms with Gasteiger partial charge in [0.25, 0.3) is 0 Å². The number of amides is 1. The summed E-state index contributed by atoms with van der Waals surface area (Å²) in [6.07, 6.45) is 0. The topological polar surface area (TPSA) is 77.8 Å². The fourth-order valence-corrected chi connectivity index (χ4v) is 3.72. The number of hydrogen-bond donors (Lipinski definition) is 3. The van der Waals surface area contributed by atoms with Gasteiger partial charge in [0, 0.05) is 15.1 Å². The van der Waals surface area contributed by atoms with E-state index in [2.05, 4.69) is 43.3 Å². The molecule has 124 valence electrons. The number of aromatic amines is 2. The first-order valence-corrected chi connectivity index (χ1v) is 9.11. The third kappa shape index (κ3) is 3.73. The highest BCUT2D eigenvalue weighted by Gasteiger charge is 2.08. The molecule has 0 radical (unpaired) electrons. The molecule has 7 heteroatoms. The van der Waals surface area contributed by atoms with E-state index in [4.69, 9.17) is 0 Å². The van der Waals surface area contributed by atoms with Crippen LogP contribution in [0.5, 0.6) is 0 Å². The Morgan fingerprint density at radius 3 is 2.67 bits per heavy atom. The van der Waals surface area contributed by atoms with E-state index in [1.54, 1.807) is 18.2 Å². The molecule has 3 aromatic rings. The molecule has 0 spiro atoms. The molecule has 1 aromatic heterocycles. The molecule has 1 heterocycles. The van der Waals surface area contributed by atoms with Crippen molar-refractivity contribution in [1.29, 1.82) is 0 Å². The molecule has 0 saturated heterocycles. The Kier molecular flexibility index (Phi) is 4.82. The summed E-state index contributed by atoms with van der Waals surface area (Å²) in [6.45, 7) is 4.06. The van der Waals surface area contributed by atoms with Crippen molar-refractivity contribution in [2.24, 2.45) is 0 Å². The van der Waals surface area contributed by atoms with Crippen LogP contribution in [0.1, 0.15) is 11.1 Å². The fourth-order valence-electron chi connectivity index (χ4n) is 2.36. The smallest absolute Gasteiger partial charge is 0.323 e. The maximum atomic E-state index is 12.2. The van der Waals surface area contributed by atoms with E-state index in [1.807, 2.05) is 13.8 Å². The van der Waals surface area contributed by atoms with Crippen LogP contribution in [-0.2, 0) is 4.79 Å². The quantitative estimate of drug-likeness (QED) is 0.574. The second kappa shape index (κ2) is 6.86. The monoisotopic (exact) mass is 405 g/mol. The minimum Gasteiger partial charge on any atom is -0.325 e. The van der Waals surface area contributed by atoms with Crippen LogP contribution in [0.2, 0.25) is 0 Å². The number of hydrogen-bond acceptors (Lipinski definition) is 3. The average molecular weight is 406 g/mol. The maximum absolute atomic E-state index is 12.2. The van der Waals surface area contributed by atoms with Crippen LogP contribution in [0, 0.1) is 13.8 Å². The molecular formula is C17H16BrN3O2S. The second-order valence-corrected chi connectivity index (χ2v) is 7.41. The Morgan fingerprint density at radius 2 is 1.88 bits per heavy atom. The lowest BCUT2D eigenvalue weighted by molar-refractivity contribution is -0.113. The van der Waals surface area contributed by atoms with Gasteiger partial charge in [0.2, 0.25) is 5.91 Å². The van der Waals surface area contributed by atoms with Crippen molar-refractivity contribution in [3.8, 4) is 0 Å². The van der Waals surface area contributed by atoms with Crippen molar-refractivity contribution in [1.82, 2.24) is 9.97 Å². The number of nitrogens with one attached hydrogen (secondary N) is 3. The summed E-state index contributed by atoms with van der Waals surface area (Å²) < 4.78 is 1.07. The third-order valence-electron chi connectivity index (χ3n) is 3.61. The van der Waals surface area contributed by atoms with Gasteiger partial charge >= 0.3 is 5.69 Å². The Hall–Kier alpha value is -1.99. The van der Waals surface area contributed by atoms with Gasteiger partial charge in [-0.15, -0.1) is 11.8 Å². The first kappa shape index (κ1) is 16.9. The van der Waals surface area contributed by atoms with Crippen LogP contribution < -0.4 is 11.0 Å². The number of rotatable bonds is 4. The van der Waals surface area contributed by atoms with Crippen LogP contribution >= 0.6 is 27.7 Å². The predicted octanol–water partition coefficient (Wildman–Crippen LogP) is 3.97. The van der Waals surface area contributed by atoms with E-state index in [-0.39, 0.29) is 11.6 Å². The number of thioether (sulfide) groups is 1. The molecule has 3 rings (SSSR count). The van der Waals surface area contributed by atoms with Gasteiger partial charge in [0.15, 0.2) is 0 Å². The largest absolute Gasteiger partial charge is 0.325 e. The maximum Gasteiger partial charge on any atom is 0.323 e. The zero-order valence-electron chi connectivity index (χ0n) is 13.2. The summed E-state index contributed by atoms with van der Waals surface area (Å²) in [5.74, 6) is 0.237. The second-order valence-electron chi connectivity index (χ2n) is 5.54. The first-order chi connectivity index (χ1) is 11.4. The number of aromatic nitrogens is 2. The van der Waals surface area contributed by atoms with Gasteiger partial charge < -0.3 is 15.3 Å². The van der Waals surface area contributed by atoms with Crippen molar-refractivity contribution < 1.29 is 4.79 Å². The van der Waals surface area contributed by atoms with Crippen LogP contribution in [0.15, 0.2) is 44.5 Å². The summed E-state index contributed by atoms with van der Waals surface area (Å²) in [5.41, 5.74) is 4.07. The van der Waals surface area contributed by atoms with Crippen molar-refractivity contribution in [3.05, 3.63) is 56.4 Å². The number of fused-ring (bicyclic) bond motifs is 1. The minimum atomic E-state index is -0.259. The van der Waals surface area contributed by atoms with E-state index >= 15 is 0 Å². The molecule has 2 aromatic carbocycles. The van der Waals surface area contributed by atoms with Gasteiger partial charge in [-0.3, -0.25) is 4.79 Å². The Morgan fingerprint density at radius 1 is 1.12 bits per heavy atom. The SMILES string of the molecule is Cc1cc(SCC(=O)Nc2ccc3[nH]c(=O)[nH]c3c2)c(C)cc1Br. The van der Waals surface area contributed by atoms with Gasteiger partial charge in [-0.1, -0.05) is 15.9 Å². The lowest BCUT2D eigenvalue weighted by atomic mass is 10.2. The molecule has 0 aliphatic rings. The van der Waals surface area contributed by atoms with Crippen molar-refractivity contribution in [2.75, 3.05) is 11.1 Å². The van der Waals surface area contributed by atoms with Gasteiger partial charge in [0.05, 0.1) is 16.8 Å². The van der Waals surface area contributed by atoms with Gasteiger partial charge in [0.1, 0.15) is 0 Å². The highest BCUT2D eigenvalue weighted by molar-refractivity contribution is 9.10. The summed E-state index contributed by atoms with van der Waals surface area (Å²) in [5, 5.41) is 2.85. The van der Waals surface area contributed by atoms with E-state index < -0.39 is 0 Å². The first-order valence-electron chi connectivity index (χ1n) is 7.34. The molecule has 0 saturated carbocycles. The summed E-state index contributed by atoms with van der Waals surface area (Å²) >= 11 is 5.02. The number of aryl methyl sites for hydroxylation is 2. The van der Waals surface area contributed by atoms with Crippen molar-refractivity contribution in [2.45, 2.75) is 18.7 Å². The van der Waals surface area contributed by atoms with E-state index in [0.717, 1.165) is 20.5 Å². The normalized spacial score (nSPS) is 11.0. The lowest BCUT2D eigenvalue weighted by Gasteiger charge is -2.09. The molecule has 0 unspecified atom stereocenters. The molecule has 0 fully saturated rings. The van der Waals surface area contributed by atoms with Crippen LogP contribution in [0.3, 0.4) is 0 Å². The zero-order valence-corrected chi connectivity index (χ0v) is 15.6. The molecule has 0 aliphatic heterocycles. The standard InChI is InChI=1S/C17H16BrN3O2S/c1-9-6-15(10(2)5-12(9)18)24-8-16(22)19-11-3-4-13-14(7-11)21-17(23)20-13/h3-7H,8H2,1-2H3,(H,19,22)(H2,20,21,23). The minimum absolute atomic E-state index is 0.0859. The molecular weight excluding hydrogens is 390 g/mol. The number of imidazole rings is 1. The molecule has 0 aliphatic carbocycles. The summed E-state index contributed by atoms with van der Waals surface area (Å²) in [7, 11) is 0. The van der Waals surface area contributed by atoms with Gasteiger partial charge in [-0.2, -0.15) is 0 Å². The fraction of sp³-hybridized carbons (Fsp3) is 0.176. The van der Waals surface area contributed by atoms with Crippen LogP contribution in [-0.4, -0.2) is 21.6 Å². The number of halogens is 1.